The van der Waals surface area contributed by atoms with Crippen LogP contribution in [0.5, 0.6) is 0 Å². The van der Waals surface area contributed by atoms with Crippen molar-refractivity contribution in [1.29, 1.82) is 0 Å². The zero-order valence-corrected chi connectivity index (χ0v) is 14.9. The van der Waals surface area contributed by atoms with Gasteiger partial charge < -0.3 is 5.32 Å². The highest BCUT2D eigenvalue weighted by molar-refractivity contribution is 14.1. The molecule has 4 heteroatoms. The van der Waals surface area contributed by atoms with E-state index in [0.717, 1.165) is 15.7 Å². The highest BCUT2D eigenvalue weighted by Gasteiger charge is 2.09. The lowest BCUT2D eigenvalue weighted by Gasteiger charge is -2.10. The fourth-order valence-electron chi connectivity index (χ4n) is 1.97. The molecule has 2 rings (SSSR count). The number of rotatable bonds is 4. The van der Waals surface area contributed by atoms with Crippen molar-refractivity contribution in [2.45, 2.75) is 26.2 Å². The molecule has 0 saturated heterocycles. The van der Waals surface area contributed by atoms with Gasteiger partial charge in [0, 0.05) is 14.8 Å². The highest BCUT2D eigenvalue weighted by Crippen LogP contribution is 2.22. The van der Waals surface area contributed by atoms with E-state index in [1.165, 1.54) is 5.56 Å². The smallest absolute Gasteiger partial charge is 0.255 e. The van der Waals surface area contributed by atoms with Crippen LogP contribution in [0.2, 0.25) is 5.02 Å². The molecule has 0 aliphatic rings. The average molecular weight is 414 g/mol. The maximum Gasteiger partial charge on any atom is 0.255 e. The average Bonchev–Trinajstić information content (AvgIpc) is 2.50. The minimum absolute atomic E-state index is 0.149. The second kappa shape index (κ2) is 7.27. The van der Waals surface area contributed by atoms with Gasteiger partial charge in [-0.1, -0.05) is 37.6 Å². The van der Waals surface area contributed by atoms with E-state index in [1.807, 2.05) is 18.2 Å². The van der Waals surface area contributed by atoms with Crippen LogP contribution in [-0.2, 0) is 0 Å². The van der Waals surface area contributed by atoms with Crippen molar-refractivity contribution in [3.05, 3.63) is 62.2 Å². The molecule has 0 heterocycles. The van der Waals surface area contributed by atoms with Gasteiger partial charge in [-0.05, 0) is 70.8 Å². The Hall–Kier alpha value is -1.07. The van der Waals surface area contributed by atoms with Crippen LogP contribution in [0.25, 0.3) is 0 Å². The maximum atomic E-state index is 12.2. The largest absolute Gasteiger partial charge is 0.322 e. The van der Waals surface area contributed by atoms with Gasteiger partial charge in [0.05, 0.1) is 5.02 Å². The lowest BCUT2D eigenvalue weighted by molar-refractivity contribution is 0.102. The predicted molar refractivity (Wildman–Crippen MR) is 97.3 cm³/mol. The lowest BCUT2D eigenvalue weighted by Crippen LogP contribution is -2.12. The molecule has 1 N–H and O–H groups in total. The van der Waals surface area contributed by atoms with E-state index in [1.54, 1.807) is 12.1 Å². The van der Waals surface area contributed by atoms with Gasteiger partial charge in [0.1, 0.15) is 0 Å². The van der Waals surface area contributed by atoms with Gasteiger partial charge in [-0.25, -0.2) is 0 Å². The zero-order valence-electron chi connectivity index (χ0n) is 12.0. The van der Waals surface area contributed by atoms with Crippen LogP contribution in [-0.4, -0.2) is 5.91 Å². The molecule has 1 atom stereocenters. The molecule has 2 nitrogen and oxygen atoms in total. The van der Waals surface area contributed by atoms with Gasteiger partial charge in [0.25, 0.3) is 5.91 Å². The van der Waals surface area contributed by atoms with Gasteiger partial charge in [-0.15, -0.1) is 0 Å². The molecule has 0 aliphatic carbocycles. The minimum Gasteiger partial charge on any atom is -0.322 e. The summed E-state index contributed by atoms with van der Waals surface area (Å²) in [4.78, 5) is 12.2. The number of benzene rings is 2. The summed E-state index contributed by atoms with van der Waals surface area (Å²) in [7, 11) is 0. The molecular weight excluding hydrogens is 397 g/mol. The van der Waals surface area contributed by atoms with Crippen molar-refractivity contribution in [2.75, 3.05) is 5.32 Å². The summed E-state index contributed by atoms with van der Waals surface area (Å²) in [5.41, 5.74) is 2.64. The third-order valence-electron chi connectivity index (χ3n) is 3.53. The number of carbonyl (C=O) groups is 1. The molecule has 2 aromatic carbocycles. The Balaban J connectivity index is 2.10. The Labute approximate surface area is 144 Å². The molecule has 0 saturated carbocycles. The Morgan fingerprint density at radius 1 is 1.24 bits per heavy atom. The first-order valence-electron chi connectivity index (χ1n) is 6.87. The Bertz CT molecular complexity index is 640. The van der Waals surface area contributed by atoms with Crippen molar-refractivity contribution >= 4 is 45.8 Å². The van der Waals surface area contributed by atoms with Gasteiger partial charge in [0.2, 0.25) is 0 Å². The van der Waals surface area contributed by atoms with E-state index in [9.17, 15) is 4.79 Å². The molecule has 0 aromatic heterocycles. The summed E-state index contributed by atoms with van der Waals surface area (Å²) < 4.78 is 0.934. The van der Waals surface area contributed by atoms with Crippen LogP contribution < -0.4 is 5.32 Å². The van der Waals surface area contributed by atoms with Crippen LogP contribution in [0.3, 0.4) is 0 Å². The van der Waals surface area contributed by atoms with E-state index >= 15 is 0 Å². The first-order chi connectivity index (χ1) is 10.0. The normalized spacial score (nSPS) is 12.0. The summed E-state index contributed by atoms with van der Waals surface area (Å²) in [6.07, 6.45) is 1.10. The van der Waals surface area contributed by atoms with Gasteiger partial charge in [-0.2, -0.15) is 0 Å². The van der Waals surface area contributed by atoms with Crippen molar-refractivity contribution in [3.63, 3.8) is 0 Å². The third-order valence-corrected chi connectivity index (χ3v) is 5.10. The van der Waals surface area contributed by atoms with E-state index in [0.29, 0.717) is 16.5 Å². The molecule has 0 fully saturated rings. The molecule has 21 heavy (non-hydrogen) atoms. The summed E-state index contributed by atoms with van der Waals surface area (Å²) in [5.74, 6) is 0.384. The number of anilines is 1. The Morgan fingerprint density at radius 2 is 1.90 bits per heavy atom. The fourth-order valence-corrected chi connectivity index (χ4v) is 2.49. The van der Waals surface area contributed by atoms with Crippen LogP contribution in [0.4, 0.5) is 5.69 Å². The molecule has 0 bridgehead atoms. The maximum absolute atomic E-state index is 12.2. The van der Waals surface area contributed by atoms with Gasteiger partial charge in [0.15, 0.2) is 0 Å². The van der Waals surface area contributed by atoms with E-state index in [-0.39, 0.29) is 5.91 Å². The zero-order chi connectivity index (χ0) is 15.4. The first kappa shape index (κ1) is 16.3. The first-order valence-corrected chi connectivity index (χ1v) is 8.33. The number of nitrogens with one attached hydrogen (secondary N) is 1. The number of hydrogen-bond acceptors (Lipinski definition) is 1. The quantitative estimate of drug-likeness (QED) is 0.639. The highest BCUT2D eigenvalue weighted by atomic mass is 127. The van der Waals surface area contributed by atoms with E-state index < -0.39 is 0 Å². The van der Waals surface area contributed by atoms with Crippen molar-refractivity contribution in [2.24, 2.45) is 0 Å². The number of carbonyl (C=O) groups excluding carboxylic acids is 1. The van der Waals surface area contributed by atoms with Crippen molar-refractivity contribution in [1.82, 2.24) is 0 Å². The Kier molecular flexibility index (Phi) is 5.65. The molecule has 1 amide bonds. The molecule has 1 unspecified atom stereocenters. The van der Waals surface area contributed by atoms with Crippen LogP contribution >= 0.6 is 34.2 Å². The molecule has 0 radical (unpaired) electrons. The monoisotopic (exact) mass is 413 g/mol. The second-order valence-electron chi connectivity index (χ2n) is 5.01. The van der Waals surface area contributed by atoms with Crippen LogP contribution in [0.1, 0.15) is 42.1 Å². The molecule has 0 aliphatic heterocycles. The van der Waals surface area contributed by atoms with Crippen molar-refractivity contribution in [3.8, 4) is 0 Å². The molecular formula is C17H17ClINO. The second-order valence-corrected chi connectivity index (χ2v) is 6.58. The fraction of sp³-hybridized carbons (Fsp3) is 0.235. The van der Waals surface area contributed by atoms with Crippen molar-refractivity contribution < 1.29 is 4.79 Å². The third kappa shape index (κ3) is 4.20. The Morgan fingerprint density at radius 3 is 2.48 bits per heavy atom. The van der Waals surface area contributed by atoms with E-state index in [4.69, 9.17) is 11.6 Å². The van der Waals surface area contributed by atoms with Gasteiger partial charge >= 0.3 is 0 Å². The summed E-state index contributed by atoms with van der Waals surface area (Å²) in [6, 6.07) is 13.3. The standard InChI is InChI=1S/C17H17ClINO/c1-3-11(2)12-4-7-14(8-5-12)20-17(21)13-6-9-16(19)15(18)10-13/h4-11H,3H2,1-2H3,(H,20,21). The number of amides is 1. The molecule has 110 valence electrons. The number of hydrogen-bond donors (Lipinski definition) is 1. The summed E-state index contributed by atoms with van der Waals surface area (Å²) >= 11 is 8.18. The topological polar surface area (TPSA) is 29.1 Å². The summed E-state index contributed by atoms with van der Waals surface area (Å²) in [5, 5.41) is 3.48. The van der Waals surface area contributed by atoms with Crippen LogP contribution in [0.15, 0.2) is 42.5 Å². The number of halogens is 2. The SMILES string of the molecule is CCC(C)c1ccc(NC(=O)c2ccc(I)c(Cl)c2)cc1. The predicted octanol–water partition coefficient (Wildman–Crippen LogP) is 5.71. The minimum atomic E-state index is -0.149. The van der Waals surface area contributed by atoms with Gasteiger partial charge in [-0.3, -0.25) is 4.79 Å². The lowest BCUT2D eigenvalue weighted by atomic mass is 9.98. The summed E-state index contributed by atoms with van der Waals surface area (Å²) in [6.45, 7) is 4.36. The van der Waals surface area contributed by atoms with E-state index in [2.05, 4.69) is 53.9 Å². The molecule has 2 aromatic rings. The van der Waals surface area contributed by atoms with Crippen LogP contribution in [0, 0.1) is 3.57 Å². The molecule has 0 spiro atoms.